The summed E-state index contributed by atoms with van der Waals surface area (Å²) in [6.45, 7) is 2.33. The summed E-state index contributed by atoms with van der Waals surface area (Å²) >= 11 is 0. The summed E-state index contributed by atoms with van der Waals surface area (Å²) in [5.41, 5.74) is 14.7. The third kappa shape index (κ3) is 5.12. The Morgan fingerprint density at radius 1 is 0.612 bits per heavy atom. The second-order valence-corrected chi connectivity index (χ2v) is 12.8. The molecule has 2 aromatic heterocycles. The number of pyridine rings is 1. The predicted molar refractivity (Wildman–Crippen MR) is 205 cm³/mol. The molecule has 8 aromatic rings. The average molecular weight is 631 g/mol. The molecule has 0 N–H and O–H groups in total. The molecule has 6 aromatic carbocycles. The zero-order chi connectivity index (χ0) is 32.7. The Hall–Kier alpha value is -6.19. The number of hydrogen-bond donors (Lipinski definition) is 0. The quantitative estimate of drug-likeness (QED) is 0.183. The van der Waals surface area contributed by atoms with E-state index >= 15 is 0 Å². The number of hydrogen-bond acceptors (Lipinski definition) is 3. The van der Waals surface area contributed by atoms with E-state index in [0.717, 1.165) is 39.8 Å². The summed E-state index contributed by atoms with van der Waals surface area (Å²) in [7, 11) is 0. The molecule has 0 fully saturated rings. The molecular weight excluding hydrogens is 597 g/mol. The van der Waals surface area contributed by atoms with E-state index in [0.29, 0.717) is 11.6 Å². The maximum absolute atomic E-state index is 6.34. The second-order valence-electron chi connectivity index (χ2n) is 12.8. The van der Waals surface area contributed by atoms with Crippen LogP contribution in [0, 0.1) is 0 Å². The summed E-state index contributed by atoms with van der Waals surface area (Å²) in [6.07, 6.45) is 7.38. The number of allylic oxidation sites excluding steroid dienone is 1. The van der Waals surface area contributed by atoms with Gasteiger partial charge in [-0.05, 0) is 99.8 Å². The largest absolute Gasteiger partial charge is 0.438 e. The molecule has 1 unspecified atom stereocenters. The van der Waals surface area contributed by atoms with Gasteiger partial charge < -0.3 is 9.32 Å². The lowest BCUT2D eigenvalue weighted by Crippen LogP contribution is -2.11. The molecule has 234 valence electrons. The summed E-state index contributed by atoms with van der Waals surface area (Å²) in [6, 6.07) is 54.1. The molecule has 0 radical (unpaired) electrons. The molecule has 0 aliphatic heterocycles. The Morgan fingerprint density at radius 3 is 1.96 bits per heavy atom. The fraction of sp³-hybridized carbons (Fsp3) is 0.0652. The van der Waals surface area contributed by atoms with Gasteiger partial charge in [-0.25, -0.2) is 4.98 Å². The van der Waals surface area contributed by atoms with Crippen LogP contribution >= 0.6 is 0 Å². The van der Waals surface area contributed by atoms with Gasteiger partial charge >= 0.3 is 0 Å². The number of nitrogens with zero attached hydrogens (tertiary/aromatic N) is 2. The minimum absolute atomic E-state index is 0.387. The van der Waals surface area contributed by atoms with E-state index < -0.39 is 0 Å². The Balaban J connectivity index is 1.19. The van der Waals surface area contributed by atoms with Crippen LogP contribution in [-0.4, -0.2) is 4.98 Å². The Labute approximate surface area is 286 Å². The van der Waals surface area contributed by atoms with Crippen molar-refractivity contribution in [1.82, 2.24) is 4.98 Å². The fourth-order valence-electron chi connectivity index (χ4n) is 7.45. The van der Waals surface area contributed by atoms with Crippen LogP contribution in [0.1, 0.15) is 30.4 Å². The Morgan fingerprint density at radius 2 is 1.22 bits per heavy atom. The van der Waals surface area contributed by atoms with Crippen molar-refractivity contribution in [3.8, 4) is 33.4 Å². The van der Waals surface area contributed by atoms with Crippen molar-refractivity contribution < 1.29 is 4.42 Å². The van der Waals surface area contributed by atoms with E-state index in [-0.39, 0.29) is 0 Å². The smallest absolute Gasteiger partial charge is 0.227 e. The minimum Gasteiger partial charge on any atom is -0.438 e. The van der Waals surface area contributed by atoms with E-state index in [1.54, 1.807) is 6.20 Å². The lowest BCUT2D eigenvalue weighted by Gasteiger charge is -2.28. The molecule has 49 heavy (non-hydrogen) atoms. The number of rotatable bonds is 6. The molecule has 9 rings (SSSR count). The van der Waals surface area contributed by atoms with Crippen LogP contribution in [0.15, 0.2) is 168 Å². The van der Waals surface area contributed by atoms with Crippen LogP contribution in [0.4, 0.5) is 17.1 Å². The lowest BCUT2D eigenvalue weighted by molar-refractivity contribution is 0.653. The maximum atomic E-state index is 6.34. The van der Waals surface area contributed by atoms with Gasteiger partial charge in [0.2, 0.25) is 5.71 Å². The molecule has 0 saturated heterocycles. The average Bonchev–Trinajstić information content (AvgIpc) is 3.55. The molecular formula is C46H34N2O. The molecule has 0 amide bonds. The van der Waals surface area contributed by atoms with Gasteiger partial charge in [0, 0.05) is 33.9 Å². The molecule has 1 aliphatic rings. The first-order chi connectivity index (χ1) is 24.2. The van der Waals surface area contributed by atoms with Crippen molar-refractivity contribution in [2.75, 3.05) is 4.90 Å². The SMILES string of the molecule is CC1CC=Cc2c1c(-c1ccc(N(c3ccc(-c4ccccc4)cc3)c3ccccc3-c3ccccc3)cc1)cc1oc3ncccc3c21. The molecule has 3 nitrogen and oxygen atoms in total. The van der Waals surface area contributed by atoms with Crippen molar-refractivity contribution in [2.24, 2.45) is 0 Å². The highest BCUT2D eigenvalue weighted by Crippen LogP contribution is 2.46. The third-order valence-corrected chi connectivity index (χ3v) is 9.78. The standard InChI is InChI=1S/C46H34N2O/c1-31-12-10-18-39-44(31)41(30-43-45(39)40-19-11-29-47-46(40)49-43)35-23-27-37(28-24-35)48(36-25-21-33(22-26-36)32-13-4-2-5-14-32)42-20-9-8-17-38(42)34-15-6-3-7-16-34/h2-11,13-31H,12H2,1H3. The van der Waals surface area contributed by atoms with Crippen molar-refractivity contribution in [2.45, 2.75) is 19.3 Å². The molecule has 1 aliphatic carbocycles. The van der Waals surface area contributed by atoms with E-state index in [4.69, 9.17) is 4.42 Å². The van der Waals surface area contributed by atoms with E-state index in [1.807, 2.05) is 6.07 Å². The van der Waals surface area contributed by atoms with Crippen molar-refractivity contribution in [3.05, 3.63) is 175 Å². The molecule has 0 bridgehead atoms. The second kappa shape index (κ2) is 12.1. The van der Waals surface area contributed by atoms with Crippen molar-refractivity contribution >= 4 is 45.2 Å². The molecule has 0 spiro atoms. The molecule has 0 saturated carbocycles. The fourth-order valence-corrected chi connectivity index (χ4v) is 7.45. The number of aromatic nitrogens is 1. The highest BCUT2D eigenvalue weighted by atomic mass is 16.3. The summed E-state index contributed by atoms with van der Waals surface area (Å²) in [5, 5.41) is 2.23. The zero-order valence-electron chi connectivity index (χ0n) is 27.3. The molecule has 2 heterocycles. The zero-order valence-corrected chi connectivity index (χ0v) is 27.3. The Kier molecular flexibility index (Phi) is 7.17. The summed E-state index contributed by atoms with van der Waals surface area (Å²) in [4.78, 5) is 6.90. The first kappa shape index (κ1) is 29.0. The number of benzene rings is 6. The minimum atomic E-state index is 0.387. The third-order valence-electron chi connectivity index (χ3n) is 9.78. The van der Waals surface area contributed by atoms with E-state index in [9.17, 15) is 0 Å². The van der Waals surface area contributed by atoms with Crippen LogP contribution in [0.2, 0.25) is 0 Å². The van der Waals surface area contributed by atoms with E-state index in [1.165, 1.54) is 44.5 Å². The van der Waals surface area contributed by atoms with Gasteiger partial charge in [0.05, 0.1) is 5.69 Å². The monoisotopic (exact) mass is 630 g/mol. The van der Waals surface area contributed by atoms with Gasteiger partial charge in [-0.1, -0.05) is 122 Å². The van der Waals surface area contributed by atoms with Crippen LogP contribution in [0.3, 0.4) is 0 Å². The Bertz CT molecular complexity index is 2460. The van der Waals surface area contributed by atoms with Gasteiger partial charge in [-0.3, -0.25) is 0 Å². The number of para-hydroxylation sites is 1. The van der Waals surface area contributed by atoms with Gasteiger partial charge in [-0.2, -0.15) is 0 Å². The van der Waals surface area contributed by atoms with Crippen molar-refractivity contribution in [1.29, 1.82) is 0 Å². The number of furan rings is 1. The maximum Gasteiger partial charge on any atom is 0.227 e. The van der Waals surface area contributed by atoms with Crippen molar-refractivity contribution in [3.63, 3.8) is 0 Å². The van der Waals surface area contributed by atoms with E-state index in [2.05, 4.69) is 175 Å². The highest BCUT2D eigenvalue weighted by molar-refractivity contribution is 6.10. The topological polar surface area (TPSA) is 29.3 Å². The first-order valence-corrected chi connectivity index (χ1v) is 16.9. The highest BCUT2D eigenvalue weighted by Gasteiger charge is 2.24. The van der Waals surface area contributed by atoms with Crippen LogP contribution in [0.25, 0.3) is 61.5 Å². The summed E-state index contributed by atoms with van der Waals surface area (Å²) in [5.74, 6) is 0.387. The van der Waals surface area contributed by atoms with Gasteiger partial charge in [0.15, 0.2) is 0 Å². The summed E-state index contributed by atoms with van der Waals surface area (Å²) < 4.78 is 6.34. The lowest BCUT2D eigenvalue weighted by atomic mass is 9.81. The number of anilines is 3. The van der Waals surface area contributed by atoms with Crippen LogP contribution in [-0.2, 0) is 0 Å². The normalized spacial score (nSPS) is 13.9. The molecule has 1 atom stereocenters. The van der Waals surface area contributed by atoms with Gasteiger partial charge in [0.25, 0.3) is 0 Å². The molecule has 3 heteroatoms. The number of fused-ring (bicyclic) bond motifs is 5. The van der Waals surface area contributed by atoms with Gasteiger partial charge in [-0.15, -0.1) is 0 Å². The predicted octanol–water partition coefficient (Wildman–Crippen LogP) is 13.0. The van der Waals surface area contributed by atoms with Crippen LogP contribution < -0.4 is 4.90 Å². The van der Waals surface area contributed by atoms with Gasteiger partial charge in [0.1, 0.15) is 5.58 Å². The van der Waals surface area contributed by atoms with Crippen LogP contribution in [0.5, 0.6) is 0 Å². The first-order valence-electron chi connectivity index (χ1n) is 16.9.